The van der Waals surface area contributed by atoms with Crippen LogP contribution in [0.2, 0.25) is 5.02 Å². The first-order valence-corrected chi connectivity index (χ1v) is 7.26. The molecule has 108 valence electrons. The van der Waals surface area contributed by atoms with Crippen molar-refractivity contribution in [2.45, 2.75) is 20.5 Å². The molecule has 0 radical (unpaired) electrons. The third kappa shape index (κ3) is 3.38. The first kappa shape index (κ1) is 15.4. The molecule has 0 unspecified atom stereocenters. The SMILES string of the molecule is CC.OCc1ccc(-c2cc(Cl)c3cnccc3n2)cc1. The van der Waals surface area contributed by atoms with E-state index >= 15 is 0 Å². The Morgan fingerprint density at radius 2 is 1.81 bits per heavy atom. The normalized spacial score (nSPS) is 10.1. The molecule has 0 saturated heterocycles. The van der Waals surface area contributed by atoms with E-state index in [1.165, 1.54) is 0 Å². The Labute approximate surface area is 129 Å². The van der Waals surface area contributed by atoms with Crippen LogP contribution in [0.5, 0.6) is 0 Å². The lowest BCUT2D eigenvalue weighted by molar-refractivity contribution is 0.282. The number of benzene rings is 1. The molecule has 3 nitrogen and oxygen atoms in total. The van der Waals surface area contributed by atoms with Crippen LogP contribution in [-0.4, -0.2) is 15.1 Å². The molecule has 21 heavy (non-hydrogen) atoms. The summed E-state index contributed by atoms with van der Waals surface area (Å²) in [5.74, 6) is 0. The van der Waals surface area contributed by atoms with Gasteiger partial charge < -0.3 is 5.11 Å². The monoisotopic (exact) mass is 300 g/mol. The lowest BCUT2D eigenvalue weighted by Crippen LogP contribution is -1.88. The van der Waals surface area contributed by atoms with Crippen LogP contribution in [0.1, 0.15) is 19.4 Å². The number of halogens is 1. The van der Waals surface area contributed by atoms with Crippen LogP contribution in [0, 0.1) is 0 Å². The predicted molar refractivity (Wildman–Crippen MR) is 87.3 cm³/mol. The summed E-state index contributed by atoms with van der Waals surface area (Å²) in [6.45, 7) is 4.04. The van der Waals surface area contributed by atoms with E-state index in [-0.39, 0.29) is 6.61 Å². The highest BCUT2D eigenvalue weighted by Crippen LogP contribution is 2.27. The highest BCUT2D eigenvalue weighted by atomic mass is 35.5. The van der Waals surface area contributed by atoms with E-state index in [0.717, 1.165) is 27.7 Å². The third-order valence-electron chi connectivity index (χ3n) is 2.99. The Bertz CT molecular complexity index is 726. The molecule has 1 N–H and O–H groups in total. The van der Waals surface area contributed by atoms with Gasteiger partial charge in [0.15, 0.2) is 0 Å². The lowest BCUT2D eigenvalue weighted by Gasteiger charge is -2.06. The minimum Gasteiger partial charge on any atom is -0.392 e. The summed E-state index contributed by atoms with van der Waals surface area (Å²) in [5, 5.41) is 10.5. The van der Waals surface area contributed by atoms with Crippen molar-refractivity contribution in [3.05, 3.63) is 59.4 Å². The zero-order valence-corrected chi connectivity index (χ0v) is 12.8. The fourth-order valence-electron chi connectivity index (χ4n) is 1.96. The van der Waals surface area contributed by atoms with Gasteiger partial charge in [-0.3, -0.25) is 4.98 Å². The zero-order chi connectivity index (χ0) is 15.2. The Morgan fingerprint density at radius 3 is 2.48 bits per heavy atom. The van der Waals surface area contributed by atoms with Gasteiger partial charge in [0.2, 0.25) is 0 Å². The number of aliphatic hydroxyl groups excluding tert-OH is 1. The number of aromatic nitrogens is 2. The van der Waals surface area contributed by atoms with E-state index in [4.69, 9.17) is 16.7 Å². The van der Waals surface area contributed by atoms with E-state index in [2.05, 4.69) is 9.97 Å². The molecule has 3 rings (SSSR count). The maximum absolute atomic E-state index is 9.04. The van der Waals surface area contributed by atoms with Crippen LogP contribution < -0.4 is 0 Å². The summed E-state index contributed by atoms with van der Waals surface area (Å²) in [6, 6.07) is 11.3. The molecule has 0 aliphatic rings. The minimum absolute atomic E-state index is 0.0395. The molecule has 0 spiro atoms. The molecule has 0 atom stereocenters. The average molecular weight is 301 g/mol. The second kappa shape index (κ2) is 7.16. The summed E-state index contributed by atoms with van der Waals surface area (Å²) in [4.78, 5) is 8.62. The molecule has 0 saturated carbocycles. The minimum atomic E-state index is 0.0395. The second-order valence-corrected chi connectivity index (χ2v) is 4.64. The molecule has 2 heterocycles. The largest absolute Gasteiger partial charge is 0.392 e. The lowest BCUT2D eigenvalue weighted by atomic mass is 10.1. The van der Waals surface area contributed by atoms with E-state index in [1.54, 1.807) is 12.4 Å². The van der Waals surface area contributed by atoms with Crippen LogP contribution in [-0.2, 0) is 6.61 Å². The Kier molecular flexibility index (Phi) is 5.26. The van der Waals surface area contributed by atoms with Crippen molar-refractivity contribution in [1.29, 1.82) is 0 Å². The van der Waals surface area contributed by atoms with Crippen LogP contribution >= 0.6 is 11.6 Å². The van der Waals surface area contributed by atoms with Gasteiger partial charge in [0.05, 0.1) is 22.8 Å². The number of hydrogen-bond donors (Lipinski definition) is 1. The number of aliphatic hydroxyl groups is 1. The highest BCUT2D eigenvalue weighted by Gasteiger charge is 2.06. The van der Waals surface area contributed by atoms with Gasteiger partial charge in [0.25, 0.3) is 0 Å². The molecule has 0 fully saturated rings. The molecular weight excluding hydrogens is 284 g/mol. The first-order valence-electron chi connectivity index (χ1n) is 6.88. The van der Waals surface area contributed by atoms with Gasteiger partial charge in [-0.05, 0) is 17.7 Å². The molecule has 0 aliphatic heterocycles. The van der Waals surface area contributed by atoms with Gasteiger partial charge in [-0.15, -0.1) is 0 Å². The Balaban J connectivity index is 0.000000774. The summed E-state index contributed by atoms with van der Waals surface area (Å²) < 4.78 is 0. The average Bonchev–Trinajstić information content (AvgIpc) is 2.57. The quantitative estimate of drug-likeness (QED) is 0.759. The number of pyridine rings is 2. The van der Waals surface area contributed by atoms with Gasteiger partial charge in [-0.1, -0.05) is 49.7 Å². The molecular formula is C17H17ClN2O. The van der Waals surface area contributed by atoms with Crippen molar-refractivity contribution < 1.29 is 5.11 Å². The maximum atomic E-state index is 9.04. The third-order valence-corrected chi connectivity index (χ3v) is 3.30. The highest BCUT2D eigenvalue weighted by molar-refractivity contribution is 6.35. The van der Waals surface area contributed by atoms with Crippen molar-refractivity contribution in [2.24, 2.45) is 0 Å². The smallest absolute Gasteiger partial charge is 0.0755 e. The van der Waals surface area contributed by atoms with Crippen molar-refractivity contribution in [1.82, 2.24) is 9.97 Å². The van der Waals surface area contributed by atoms with Crippen molar-refractivity contribution in [3.8, 4) is 11.3 Å². The van der Waals surface area contributed by atoms with Crippen LogP contribution in [0.25, 0.3) is 22.2 Å². The molecule has 0 aliphatic carbocycles. The summed E-state index contributed by atoms with van der Waals surface area (Å²) in [5.41, 5.74) is 3.48. The van der Waals surface area contributed by atoms with Gasteiger partial charge >= 0.3 is 0 Å². The first-order chi connectivity index (χ1) is 10.3. The number of fused-ring (bicyclic) bond motifs is 1. The number of hydrogen-bond acceptors (Lipinski definition) is 3. The molecule has 3 aromatic rings. The summed E-state index contributed by atoms with van der Waals surface area (Å²) in [6.07, 6.45) is 3.41. The summed E-state index contributed by atoms with van der Waals surface area (Å²) >= 11 is 6.25. The molecule has 2 aromatic heterocycles. The van der Waals surface area contributed by atoms with E-state index < -0.39 is 0 Å². The molecule has 4 heteroatoms. The molecule has 0 amide bonds. The van der Waals surface area contributed by atoms with Crippen molar-refractivity contribution >= 4 is 22.5 Å². The number of rotatable bonds is 2. The predicted octanol–water partition coefficient (Wildman–Crippen LogP) is 4.47. The van der Waals surface area contributed by atoms with E-state index in [0.29, 0.717) is 5.02 Å². The molecule has 0 bridgehead atoms. The van der Waals surface area contributed by atoms with Crippen LogP contribution in [0.3, 0.4) is 0 Å². The number of nitrogens with zero attached hydrogens (tertiary/aromatic N) is 2. The fourth-order valence-corrected chi connectivity index (χ4v) is 2.21. The van der Waals surface area contributed by atoms with E-state index in [1.807, 2.05) is 50.2 Å². The fraction of sp³-hybridized carbons (Fsp3) is 0.176. The van der Waals surface area contributed by atoms with Gasteiger partial charge in [-0.25, -0.2) is 4.98 Å². The van der Waals surface area contributed by atoms with Crippen LogP contribution in [0.4, 0.5) is 0 Å². The summed E-state index contributed by atoms with van der Waals surface area (Å²) in [7, 11) is 0. The topological polar surface area (TPSA) is 46.0 Å². The molecule has 1 aromatic carbocycles. The van der Waals surface area contributed by atoms with Crippen LogP contribution in [0.15, 0.2) is 48.8 Å². The van der Waals surface area contributed by atoms with Gasteiger partial charge in [-0.2, -0.15) is 0 Å². The zero-order valence-electron chi connectivity index (χ0n) is 12.0. The van der Waals surface area contributed by atoms with Crippen molar-refractivity contribution in [3.63, 3.8) is 0 Å². The standard InChI is InChI=1S/C15H11ClN2O.C2H6/c16-13-7-15(11-3-1-10(9-19)2-4-11)18-14-5-6-17-8-12(13)14;1-2/h1-8,19H,9H2;1-2H3. The van der Waals surface area contributed by atoms with Crippen molar-refractivity contribution in [2.75, 3.05) is 0 Å². The maximum Gasteiger partial charge on any atom is 0.0755 e. The Morgan fingerprint density at radius 1 is 1.10 bits per heavy atom. The van der Waals surface area contributed by atoms with E-state index in [9.17, 15) is 0 Å². The Hall–Kier alpha value is -1.97. The van der Waals surface area contributed by atoms with Gasteiger partial charge in [0, 0.05) is 23.3 Å². The van der Waals surface area contributed by atoms with Gasteiger partial charge in [0.1, 0.15) is 0 Å². The second-order valence-electron chi connectivity index (χ2n) is 4.24.